The molecule has 0 atom stereocenters. The van der Waals surface area contributed by atoms with Crippen LogP contribution in [-0.4, -0.2) is 28.5 Å². The van der Waals surface area contributed by atoms with Gasteiger partial charge in [0.1, 0.15) is 17.3 Å². The van der Waals surface area contributed by atoms with Gasteiger partial charge in [-0.15, -0.1) is 6.58 Å². The highest BCUT2D eigenvalue weighted by Gasteiger charge is 2.09. The molecule has 0 fully saturated rings. The lowest BCUT2D eigenvalue weighted by Gasteiger charge is -2.10. The Labute approximate surface area is 101 Å². The summed E-state index contributed by atoms with van der Waals surface area (Å²) in [6, 6.07) is 1.90. The van der Waals surface area contributed by atoms with E-state index in [1.165, 1.54) is 0 Å². The van der Waals surface area contributed by atoms with Gasteiger partial charge in [-0.3, -0.25) is 4.79 Å². The van der Waals surface area contributed by atoms with E-state index in [1.54, 1.807) is 19.1 Å². The largest absolute Gasteiger partial charge is 0.368 e. The Morgan fingerprint density at radius 2 is 2.24 bits per heavy atom. The SMILES string of the molecule is C=CCNC(=O)c1cc(NC(C)C)nc(C)n1. The van der Waals surface area contributed by atoms with Gasteiger partial charge in [0.05, 0.1) is 0 Å². The van der Waals surface area contributed by atoms with Gasteiger partial charge in [-0.05, 0) is 20.8 Å². The average molecular weight is 234 g/mol. The van der Waals surface area contributed by atoms with Crippen molar-refractivity contribution in [3.63, 3.8) is 0 Å². The van der Waals surface area contributed by atoms with Gasteiger partial charge in [-0.2, -0.15) is 0 Å². The minimum Gasteiger partial charge on any atom is -0.368 e. The Bertz CT molecular complexity index is 415. The van der Waals surface area contributed by atoms with Crippen LogP contribution in [0.3, 0.4) is 0 Å². The number of hydrogen-bond donors (Lipinski definition) is 2. The maximum absolute atomic E-state index is 11.7. The van der Waals surface area contributed by atoms with Crippen molar-refractivity contribution in [1.82, 2.24) is 15.3 Å². The molecular weight excluding hydrogens is 216 g/mol. The van der Waals surface area contributed by atoms with Crippen molar-refractivity contribution in [1.29, 1.82) is 0 Å². The van der Waals surface area contributed by atoms with E-state index in [-0.39, 0.29) is 11.9 Å². The minimum atomic E-state index is -0.220. The molecule has 0 aromatic carbocycles. The number of carbonyl (C=O) groups excluding carboxylic acids is 1. The summed E-state index contributed by atoms with van der Waals surface area (Å²) < 4.78 is 0. The predicted octanol–water partition coefficient (Wildman–Crippen LogP) is 1.52. The topological polar surface area (TPSA) is 66.9 Å². The van der Waals surface area contributed by atoms with Crippen molar-refractivity contribution in [3.05, 3.63) is 30.2 Å². The Morgan fingerprint density at radius 1 is 1.53 bits per heavy atom. The van der Waals surface area contributed by atoms with Gasteiger partial charge in [0, 0.05) is 18.7 Å². The lowest BCUT2D eigenvalue weighted by atomic mass is 10.3. The van der Waals surface area contributed by atoms with Gasteiger partial charge in [0.2, 0.25) is 0 Å². The second-order valence-corrected chi connectivity index (χ2v) is 3.98. The van der Waals surface area contributed by atoms with Crippen LogP contribution in [0.2, 0.25) is 0 Å². The van der Waals surface area contributed by atoms with Crippen LogP contribution >= 0.6 is 0 Å². The fourth-order valence-electron chi connectivity index (χ4n) is 1.31. The molecule has 5 nitrogen and oxygen atoms in total. The van der Waals surface area contributed by atoms with Crippen molar-refractivity contribution >= 4 is 11.7 Å². The first kappa shape index (κ1) is 13.2. The molecule has 1 heterocycles. The van der Waals surface area contributed by atoms with E-state index >= 15 is 0 Å². The summed E-state index contributed by atoms with van der Waals surface area (Å²) >= 11 is 0. The fraction of sp³-hybridized carbons (Fsp3) is 0.417. The molecule has 92 valence electrons. The molecule has 2 N–H and O–H groups in total. The number of nitrogens with one attached hydrogen (secondary N) is 2. The first-order valence-corrected chi connectivity index (χ1v) is 5.54. The zero-order valence-corrected chi connectivity index (χ0v) is 10.4. The van der Waals surface area contributed by atoms with Crippen molar-refractivity contribution in [2.45, 2.75) is 26.8 Å². The fourth-order valence-corrected chi connectivity index (χ4v) is 1.31. The zero-order valence-electron chi connectivity index (χ0n) is 10.4. The van der Waals surface area contributed by atoms with E-state index in [0.717, 1.165) is 0 Å². The zero-order chi connectivity index (χ0) is 12.8. The number of anilines is 1. The van der Waals surface area contributed by atoms with E-state index in [1.807, 2.05) is 13.8 Å². The smallest absolute Gasteiger partial charge is 0.270 e. The van der Waals surface area contributed by atoms with Gasteiger partial charge in [-0.1, -0.05) is 6.08 Å². The summed E-state index contributed by atoms with van der Waals surface area (Å²) in [5.41, 5.74) is 0.363. The van der Waals surface area contributed by atoms with E-state index in [2.05, 4.69) is 27.2 Å². The normalized spacial score (nSPS) is 10.1. The first-order valence-electron chi connectivity index (χ1n) is 5.54. The monoisotopic (exact) mass is 234 g/mol. The predicted molar refractivity (Wildman–Crippen MR) is 68.1 cm³/mol. The van der Waals surface area contributed by atoms with E-state index < -0.39 is 0 Å². The van der Waals surface area contributed by atoms with Crippen molar-refractivity contribution in [2.24, 2.45) is 0 Å². The van der Waals surface area contributed by atoms with Gasteiger partial charge >= 0.3 is 0 Å². The third kappa shape index (κ3) is 4.22. The summed E-state index contributed by atoms with van der Waals surface area (Å²) in [6.45, 7) is 9.74. The number of rotatable bonds is 5. The standard InChI is InChI=1S/C12H18N4O/c1-5-6-13-12(17)10-7-11(14-8(2)3)16-9(4)15-10/h5,7-8H,1,6H2,2-4H3,(H,13,17)(H,14,15,16). The number of carbonyl (C=O) groups is 1. The van der Waals surface area contributed by atoms with Crippen molar-refractivity contribution < 1.29 is 4.79 Å². The van der Waals surface area contributed by atoms with E-state index in [9.17, 15) is 4.79 Å². The Kier molecular flexibility index (Phi) is 4.63. The number of aromatic nitrogens is 2. The lowest BCUT2D eigenvalue weighted by Crippen LogP contribution is -2.25. The highest BCUT2D eigenvalue weighted by molar-refractivity contribution is 5.93. The molecule has 17 heavy (non-hydrogen) atoms. The summed E-state index contributed by atoms with van der Waals surface area (Å²) in [7, 11) is 0. The maximum atomic E-state index is 11.7. The first-order chi connectivity index (χ1) is 8.02. The molecule has 1 rings (SSSR count). The Balaban J connectivity index is 2.88. The third-order valence-electron chi connectivity index (χ3n) is 1.91. The molecule has 0 saturated heterocycles. The van der Waals surface area contributed by atoms with Gasteiger partial charge in [0.15, 0.2) is 0 Å². The summed E-state index contributed by atoms with van der Waals surface area (Å²) in [5, 5.41) is 5.83. The molecule has 0 aliphatic rings. The molecule has 0 unspecified atom stereocenters. The van der Waals surface area contributed by atoms with Crippen LogP contribution in [0.15, 0.2) is 18.7 Å². The number of aryl methyl sites for hydroxylation is 1. The second-order valence-electron chi connectivity index (χ2n) is 3.98. The quantitative estimate of drug-likeness (QED) is 0.758. The van der Waals surface area contributed by atoms with Crippen molar-refractivity contribution in [2.75, 3.05) is 11.9 Å². The average Bonchev–Trinajstić information content (AvgIpc) is 2.24. The van der Waals surface area contributed by atoms with Gasteiger partial charge in [-0.25, -0.2) is 9.97 Å². The van der Waals surface area contributed by atoms with Crippen LogP contribution in [0.1, 0.15) is 30.2 Å². The number of hydrogen-bond acceptors (Lipinski definition) is 4. The molecule has 0 saturated carbocycles. The van der Waals surface area contributed by atoms with E-state index in [4.69, 9.17) is 0 Å². The second kappa shape index (κ2) is 5.98. The Morgan fingerprint density at radius 3 is 2.82 bits per heavy atom. The molecule has 0 spiro atoms. The molecular formula is C12H18N4O. The maximum Gasteiger partial charge on any atom is 0.270 e. The molecule has 0 radical (unpaired) electrons. The van der Waals surface area contributed by atoms with Gasteiger partial charge < -0.3 is 10.6 Å². The van der Waals surface area contributed by atoms with E-state index in [0.29, 0.717) is 23.9 Å². The van der Waals surface area contributed by atoms with Crippen LogP contribution in [0, 0.1) is 6.92 Å². The van der Waals surface area contributed by atoms with Gasteiger partial charge in [0.25, 0.3) is 5.91 Å². The summed E-state index contributed by atoms with van der Waals surface area (Å²) in [5.74, 6) is 1.01. The lowest BCUT2D eigenvalue weighted by molar-refractivity contribution is 0.0952. The molecule has 1 amide bonds. The number of nitrogens with zero attached hydrogens (tertiary/aromatic N) is 2. The minimum absolute atomic E-state index is 0.220. The molecule has 0 bridgehead atoms. The molecule has 1 aromatic rings. The van der Waals surface area contributed by atoms with Crippen molar-refractivity contribution in [3.8, 4) is 0 Å². The molecule has 0 aliphatic carbocycles. The van der Waals surface area contributed by atoms with Crippen LogP contribution in [0.5, 0.6) is 0 Å². The highest BCUT2D eigenvalue weighted by Crippen LogP contribution is 2.08. The summed E-state index contributed by atoms with van der Waals surface area (Å²) in [6.07, 6.45) is 1.62. The third-order valence-corrected chi connectivity index (χ3v) is 1.91. The van der Waals surface area contributed by atoms with Crippen LogP contribution in [-0.2, 0) is 0 Å². The Hall–Kier alpha value is -1.91. The van der Waals surface area contributed by atoms with Crippen LogP contribution < -0.4 is 10.6 Å². The molecule has 1 aromatic heterocycles. The molecule has 0 aliphatic heterocycles. The number of amides is 1. The highest BCUT2D eigenvalue weighted by atomic mass is 16.1. The summed E-state index contributed by atoms with van der Waals surface area (Å²) in [4.78, 5) is 20.0. The molecule has 5 heteroatoms. The van der Waals surface area contributed by atoms with Crippen LogP contribution in [0.25, 0.3) is 0 Å². The van der Waals surface area contributed by atoms with Crippen LogP contribution in [0.4, 0.5) is 5.82 Å².